The lowest BCUT2D eigenvalue weighted by Crippen LogP contribution is -2.43. The summed E-state index contributed by atoms with van der Waals surface area (Å²) in [4.78, 5) is 14.4. The molecule has 0 aromatic heterocycles. The van der Waals surface area contributed by atoms with Crippen molar-refractivity contribution in [2.75, 3.05) is 13.1 Å². The number of hydrogen-bond acceptors (Lipinski definition) is 2. The lowest BCUT2D eigenvalue weighted by atomic mass is 10.1. The Morgan fingerprint density at radius 2 is 1.93 bits per heavy atom. The van der Waals surface area contributed by atoms with E-state index in [0.717, 1.165) is 30.5 Å². The number of alkyl halides is 3. The Balaban J connectivity index is 1.59. The van der Waals surface area contributed by atoms with Crippen molar-refractivity contribution in [3.8, 4) is 0 Å². The summed E-state index contributed by atoms with van der Waals surface area (Å²) in [5, 5.41) is 0. The van der Waals surface area contributed by atoms with E-state index in [1.165, 1.54) is 6.07 Å². The van der Waals surface area contributed by atoms with E-state index >= 15 is 0 Å². The second kappa shape index (κ2) is 8.13. The standard InChI is InChI=1S/C21H22F3NO2/c1-15-7-9-17(10-8-15)20(26)25-11-3-6-19(13-25)27-14-16-4-2-5-18(12-16)21(22,23)24/h2,4-5,7-10,12,19H,3,6,11,13-14H2,1H3/t19-/m1/s1. The van der Waals surface area contributed by atoms with E-state index in [2.05, 4.69) is 0 Å². The molecule has 0 radical (unpaired) electrons. The molecule has 1 fully saturated rings. The van der Waals surface area contributed by atoms with Crippen LogP contribution in [0.4, 0.5) is 13.2 Å². The number of aryl methyl sites for hydroxylation is 1. The Morgan fingerprint density at radius 1 is 1.19 bits per heavy atom. The van der Waals surface area contributed by atoms with E-state index in [0.29, 0.717) is 24.2 Å². The Kier molecular flexibility index (Phi) is 5.85. The smallest absolute Gasteiger partial charge is 0.372 e. The number of rotatable bonds is 4. The predicted molar refractivity (Wildman–Crippen MR) is 96.3 cm³/mol. The molecule has 0 bridgehead atoms. The average molecular weight is 377 g/mol. The Labute approximate surface area is 156 Å². The van der Waals surface area contributed by atoms with Crippen molar-refractivity contribution in [1.82, 2.24) is 4.90 Å². The molecule has 3 rings (SSSR count). The molecule has 0 N–H and O–H groups in total. The van der Waals surface area contributed by atoms with E-state index in [-0.39, 0.29) is 18.6 Å². The molecule has 144 valence electrons. The molecule has 1 aliphatic heterocycles. The van der Waals surface area contributed by atoms with Crippen LogP contribution in [0.2, 0.25) is 0 Å². The highest BCUT2D eigenvalue weighted by Gasteiger charge is 2.30. The maximum Gasteiger partial charge on any atom is 0.416 e. The minimum Gasteiger partial charge on any atom is -0.372 e. The fourth-order valence-electron chi connectivity index (χ4n) is 3.19. The molecule has 1 amide bonds. The van der Waals surface area contributed by atoms with Gasteiger partial charge in [0.2, 0.25) is 0 Å². The normalized spacial score (nSPS) is 17.8. The molecule has 0 spiro atoms. The van der Waals surface area contributed by atoms with Gasteiger partial charge in [-0.3, -0.25) is 4.79 Å². The molecular weight excluding hydrogens is 355 g/mol. The molecule has 1 atom stereocenters. The van der Waals surface area contributed by atoms with Crippen LogP contribution in [0.15, 0.2) is 48.5 Å². The molecule has 2 aromatic carbocycles. The van der Waals surface area contributed by atoms with Gasteiger partial charge in [0.05, 0.1) is 18.3 Å². The summed E-state index contributed by atoms with van der Waals surface area (Å²) < 4.78 is 44.2. The number of carbonyl (C=O) groups is 1. The van der Waals surface area contributed by atoms with Crippen LogP contribution in [0, 0.1) is 6.92 Å². The lowest BCUT2D eigenvalue weighted by Gasteiger charge is -2.32. The van der Waals surface area contributed by atoms with Gasteiger partial charge < -0.3 is 9.64 Å². The summed E-state index contributed by atoms with van der Waals surface area (Å²) in [7, 11) is 0. The van der Waals surface area contributed by atoms with Gasteiger partial charge in [0.1, 0.15) is 0 Å². The predicted octanol–water partition coefficient (Wildman–Crippen LogP) is 4.84. The third-order valence-corrected chi connectivity index (χ3v) is 4.70. The molecule has 1 heterocycles. The third kappa shape index (κ3) is 5.10. The molecule has 6 heteroatoms. The van der Waals surface area contributed by atoms with Gasteiger partial charge in [-0.05, 0) is 49.6 Å². The van der Waals surface area contributed by atoms with Crippen molar-refractivity contribution in [2.24, 2.45) is 0 Å². The number of ether oxygens (including phenoxy) is 1. The van der Waals surface area contributed by atoms with Crippen LogP contribution < -0.4 is 0 Å². The molecular formula is C21H22F3NO2. The van der Waals surface area contributed by atoms with Crippen molar-refractivity contribution in [1.29, 1.82) is 0 Å². The Bertz CT molecular complexity index is 787. The van der Waals surface area contributed by atoms with Gasteiger partial charge in [-0.15, -0.1) is 0 Å². The topological polar surface area (TPSA) is 29.5 Å². The number of piperidine rings is 1. The van der Waals surface area contributed by atoms with Crippen LogP contribution in [0.3, 0.4) is 0 Å². The third-order valence-electron chi connectivity index (χ3n) is 4.70. The van der Waals surface area contributed by atoms with E-state index in [4.69, 9.17) is 4.74 Å². The summed E-state index contributed by atoms with van der Waals surface area (Å²) in [6.45, 7) is 3.18. The van der Waals surface area contributed by atoms with Crippen molar-refractivity contribution in [3.05, 3.63) is 70.8 Å². The van der Waals surface area contributed by atoms with Gasteiger partial charge in [-0.2, -0.15) is 13.2 Å². The number of hydrogen-bond donors (Lipinski definition) is 0. The van der Waals surface area contributed by atoms with Gasteiger partial charge >= 0.3 is 6.18 Å². The lowest BCUT2D eigenvalue weighted by molar-refractivity contribution is -0.137. The van der Waals surface area contributed by atoms with Crippen LogP contribution in [0.5, 0.6) is 0 Å². The van der Waals surface area contributed by atoms with E-state index in [1.807, 2.05) is 31.2 Å². The van der Waals surface area contributed by atoms with Gasteiger partial charge in [0.25, 0.3) is 5.91 Å². The summed E-state index contributed by atoms with van der Waals surface area (Å²) in [5.41, 5.74) is 1.53. The van der Waals surface area contributed by atoms with Crippen LogP contribution in [0.1, 0.15) is 39.9 Å². The second-order valence-corrected chi connectivity index (χ2v) is 6.89. The molecule has 1 saturated heterocycles. The first-order valence-corrected chi connectivity index (χ1v) is 8.96. The number of carbonyl (C=O) groups excluding carboxylic acids is 1. The zero-order valence-electron chi connectivity index (χ0n) is 15.1. The number of nitrogens with zero attached hydrogens (tertiary/aromatic N) is 1. The van der Waals surface area contributed by atoms with Crippen LogP contribution in [0.25, 0.3) is 0 Å². The fraction of sp³-hybridized carbons (Fsp3) is 0.381. The highest BCUT2D eigenvalue weighted by Crippen LogP contribution is 2.30. The zero-order chi connectivity index (χ0) is 19.4. The second-order valence-electron chi connectivity index (χ2n) is 6.89. The maximum atomic E-state index is 12.8. The van der Waals surface area contributed by atoms with Crippen LogP contribution in [-0.4, -0.2) is 30.0 Å². The Morgan fingerprint density at radius 3 is 2.63 bits per heavy atom. The monoisotopic (exact) mass is 377 g/mol. The van der Waals surface area contributed by atoms with Crippen molar-refractivity contribution < 1.29 is 22.7 Å². The van der Waals surface area contributed by atoms with Gasteiger partial charge in [0, 0.05) is 18.7 Å². The van der Waals surface area contributed by atoms with Gasteiger partial charge in [-0.25, -0.2) is 0 Å². The van der Waals surface area contributed by atoms with E-state index in [1.54, 1.807) is 11.0 Å². The summed E-state index contributed by atoms with van der Waals surface area (Å²) in [5.74, 6) is -0.0395. The summed E-state index contributed by atoms with van der Waals surface area (Å²) in [6, 6.07) is 12.6. The molecule has 3 nitrogen and oxygen atoms in total. The first-order chi connectivity index (χ1) is 12.8. The largest absolute Gasteiger partial charge is 0.416 e. The zero-order valence-corrected chi connectivity index (χ0v) is 15.1. The number of likely N-dealkylation sites (tertiary alicyclic amines) is 1. The summed E-state index contributed by atoms with van der Waals surface area (Å²) >= 11 is 0. The SMILES string of the molecule is Cc1ccc(C(=O)N2CCC[C@@H](OCc3cccc(C(F)(F)F)c3)C2)cc1. The Hall–Kier alpha value is -2.34. The maximum absolute atomic E-state index is 12.8. The molecule has 2 aromatic rings. The molecule has 0 aliphatic carbocycles. The van der Waals surface area contributed by atoms with Gasteiger partial charge in [-0.1, -0.05) is 29.8 Å². The van der Waals surface area contributed by atoms with Crippen molar-refractivity contribution in [3.63, 3.8) is 0 Å². The van der Waals surface area contributed by atoms with Crippen molar-refractivity contribution >= 4 is 5.91 Å². The molecule has 0 unspecified atom stereocenters. The first kappa shape index (κ1) is 19.4. The molecule has 27 heavy (non-hydrogen) atoms. The molecule has 1 aliphatic rings. The van der Waals surface area contributed by atoms with Gasteiger partial charge in [0.15, 0.2) is 0 Å². The van der Waals surface area contributed by atoms with Crippen molar-refractivity contribution in [2.45, 2.75) is 38.7 Å². The minimum absolute atomic E-state index is 0.0395. The van der Waals surface area contributed by atoms with Crippen LogP contribution in [-0.2, 0) is 17.5 Å². The quantitative estimate of drug-likeness (QED) is 0.763. The summed E-state index contributed by atoms with van der Waals surface area (Å²) in [6.07, 6.45) is -2.94. The number of amides is 1. The first-order valence-electron chi connectivity index (χ1n) is 8.96. The number of benzene rings is 2. The highest BCUT2D eigenvalue weighted by atomic mass is 19.4. The fourth-order valence-corrected chi connectivity index (χ4v) is 3.19. The van der Waals surface area contributed by atoms with E-state index in [9.17, 15) is 18.0 Å². The highest BCUT2D eigenvalue weighted by molar-refractivity contribution is 5.94. The van der Waals surface area contributed by atoms with E-state index < -0.39 is 11.7 Å². The van der Waals surface area contributed by atoms with Crippen LogP contribution >= 0.6 is 0 Å². The average Bonchev–Trinajstić information content (AvgIpc) is 2.66. The minimum atomic E-state index is -4.36. The molecule has 0 saturated carbocycles. The number of halogens is 3.